The van der Waals surface area contributed by atoms with Gasteiger partial charge in [-0.15, -0.1) is 0 Å². The zero-order chi connectivity index (χ0) is 15.0. The fourth-order valence-electron chi connectivity index (χ4n) is 2.59. The van der Waals surface area contributed by atoms with Gasteiger partial charge in [-0.2, -0.15) is 0 Å². The number of unbranched alkanes of at least 4 members (excludes halogenated alkanes) is 1. The number of benzene rings is 1. The minimum absolute atomic E-state index is 0.318. The summed E-state index contributed by atoms with van der Waals surface area (Å²) < 4.78 is 22.1. The second kappa shape index (κ2) is 8.56. The molecule has 0 fully saturated rings. The number of hydrogen-bond acceptors (Lipinski definition) is 1. The molecular weight excluding hydrogens is 260 g/mol. The van der Waals surface area contributed by atoms with Crippen molar-refractivity contribution in [3.63, 3.8) is 0 Å². The quantitative estimate of drug-likeness (QED) is 0.722. The van der Waals surface area contributed by atoms with Gasteiger partial charge in [-0.05, 0) is 36.5 Å². The van der Waals surface area contributed by atoms with E-state index in [1.54, 1.807) is 12.1 Å². The molecule has 1 aromatic carbocycles. The van der Waals surface area contributed by atoms with Crippen LogP contribution >= 0.6 is 0 Å². The van der Waals surface area contributed by atoms with Crippen LogP contribution < -0.4 is 4.94 Å². The van der Waals surface area contributed by atoms with E-state index < -0.39 is 0 Å². The van der Waals surface area contributed by atoms with Crippen LogP contribution in [0.3, 0.4) is 0 Å². The van der Waals surface area contributed by atoms with Crippen molar-refractivity contribution in [2.75, 3.05) is 7.18 Å². The van der Waals surface area contributed by atoms with Gasteiger partial charge in [0, 0.05) is 21.6 Å². The lowest BCUT2D eigenvalue weighted by molar-refractivity contribution is -0.00429. The number of nitrogens with one attached hydrogen (secondary N) is 1. The molecule has 0 spiro atoms. The highest BCUT2D eigenvalue weighted by Crippen LogP contribution is 2.36. The SMILES string of the molecule is CCCCC(CC)c1c[nH]c2cccc(OF)c12.CF. The van der Waals surface area contributed by atoms with Crippen molar-refractivity contribution >= 4 is 10.9 Å². The van der Waals surface area contributed by atoms with Gasteiger partial charge < -0.3 is 4.98 Å². The molecule has 4 heteroatoms. The molecule has 1 aromatic heterocycles. The van der Waals surface area contributed by atoms with E-state index in [9.17, 15) is 8.92 Å². The zero-order valence-electron chi connectivity index (χ0n) is 12.4. The summed E-state index contributed by atoms with van der Waals surface area (Å²) in [6.45, 7) is 4.37. The van der Waals surface area contributed by atoms with Crippen LogP contribution in [-0.2, 0) is 0 Å². The number of halogens is 2. The van der Waals surface area contributed by atoms with Crippen LogP contribution in [0, 0.1) is 0 Å². The molecule has 0 saturated heterocycles. The summed E-state index contributed by atoms with van der Waals surface area (Å²) in [5, 5.41) is 0.892. The molecule has 0 amide bonds. The molecule has 0 aliphatic heterocycles. The number of fused-ring (bicyclic) bond motifs is 1. The van der Waals surface area contributed by atoms with E-state index in [2.05, 4.69) is 23.8 Å². The van der Waals surface area contributed by atoms with Crippen molar-refractivity contribution in [2.45, 2.75) is 45.4 Å². The summed E-state index contributed by atoms with van der Waals surface area (Å²) >= 11 is 0. The van der Waals surface area contributed by atoms with Crippen molar-refractivity contribution < 1.29 is 13.9 Å². The number of hydrogen-bond donors (Lipinski definition) is 1. The molecular formula is C16H23F2NO. The first kappa shape index (κ1) is 16.5. The van der Waals surface area contributed by atoms with Crippen molar-refractivity contribution in [1.82, 2.24) is 4.98 Å². The average molecular weight is 283 g/mol. The number of aromatic amines is 1. The highest BCUT2D eigenvalue weighted by atomic mass is 19.3. The first-order valence-corrected chi connectivity index (χ1v) is 7.08. The summed E-state index contributed by atoms with van der Waals surface area (Å²) in [6, 6.07) is 5.42. The highest BCUT2D eigenvalue weighted by molar-refractivity contribution is 5.89. The van der Waals surface area contributed by atoms with Gasteiger partial charge >= 0.3 is 0 Å². The Morgan fingerprint density at radius 1 is 1.25 bits per heavy atom. The Hall–Kier alpha value is -1.58. The van der Waals surface area contributed by atoms with E-state index in [0.29, 0.717) is 18.8 Å². The third-order valence-corrected chi connectivity index (χ3v) is 3.62. The van der Waals surface area contributed by atoms with Crippen LogP contribution in [0.1, 0.15) is 51.0 Å². The molecule has 0 bridgehead atoms. The van der Waals surface area contributed by atoms with Crippen LogP contribution in [0.25, 0.3) is 10.9 Å². The van der Waals surface area contributed by atoms with E-state index in [-0.39, 0.29) is 0 Å². The number of alkyl halides is 1. The number of aromatic nitrogens is 1. The minimum Gasteiger partial charge on any atom is -0.361 e. The van der Waals surface area contributed by atoms with Gasteiger partial charge in [0.05, 0.1) is 7.18 Å². The summed E-state index contributed by atoms with van der Waals surface area (Å²) in [6.07, 6.45) is 6.58. The van der Waals surface area contributed by atoms with Gasteiger partial charge in [0.15, 0.2) is 5.75 Å². The molecule has 1 unspecified atom stereocenters. The normalized spacial score (nSPS) is 11.8. The van der Waals surface area contributed by atoms with Crippen LogP contribution in [0.2, 0.25) is 0 Å². The smallest absolute Gasteiger partial charge is 0.181 e. The molecule has 112 valence electrons. The molecule has 1 heterocycles. The molecule has 20 heavy (non-hydrogen) atoms. The summed E-state index contributed by atoms with van der Waals surface area (Å²) in [4.78, 5) is 7.21. The maximum Gasteiger partial charge on any atom is 0.181 e. The Morgan fingerprint density at radius 2 is 2.00 bits per heavy atom. The fourth-order valence-corrected chi connectivity index (χ4v) is 2.59. The Balaban J connectivity index is 0.000000956. The standard InChI is InChI=1S/C15H20FNO.CH3F/c1-3-5-7-11(4-2)12-10-17-13-8-6-9-14(18-16)15(12)13;1-2/h6,8-11,17H,3-5,7H2,1-2H3;1H3. The lowest BCUT2D eigenvalue weighted by atomic mass is 9.91. The Morgan fingerprint density at radius 3 is 2.60 bits per heavy atom. The number of rotatable bonds is 6. The van der Waals surface area contributed by atoms with Crippen LogP contribution in [0.5, 0.6) is 5.75 Å². The topological polar surface area (TPSA) is 25.0 Å². The lowest BCUT2D eigenvalue weighted by Gasteiger charge is -2.14. The van der Waals surface area contributed by atoms with Crippen LogP contribution in [0.4, 0.5) is 8.92 Å². The maximum atomic E-state index is 12.6. The molecule has 0 aliphatic rings. The third-order valence-electron chi connectivity index (χ3n) is 3.62. The van der Waals surface area contributed by atoms with Gasteiger partial charge in [0.25, 0.3) is 0 Å². The van der Waals surface area contributed by atoms with E-state index in [0.717, 1.165) is 23.7 Å². The van der Waals surface area contributed by atoms with Crippen molar-refractivity contribution in [1.29, 1.82) is 0 Å². The minimum atomic E-state index is 0.318. The molecule has 1 atom stereocenters. The third kappa shape index (κ3) is 3.50. The van der Waals surface area contributed by atoms with E-state index in [1.807, 2.05) is 12.3 Å². The molecule has 0 aliphatic carbocycles. The summed E-state index contributed by atoms with van der Waals surface area (Å²) in [5.41, 5.74) is 2.12. The number of H-pyrrole nitrogens is 1. The predicted molar refractivity (Wildman–Crippen MR) is 79.6 cm³/mol. The van der Waals surface area contributed by atoms with Gasteiger partial charge in [0.1, 0.15) is 0 Å². The highest BCUT2D eigenvalue weighted by Gasteiger charge is 2.17. The zero-order valence-corrected chi connectivity index (χ0v) is 12.4. The molecule has 0 saturated carbocycles. The molecule has 2 rings (SSSR count). The first-order valence-electron chi connectivity index (χ1n) is 7.08. The molecule has 2 nitrogen and oxygen atoms in total. The molecule has 2 aromatic rings. The van der Waals surface area contributed by atoms with Crippen LogP contribution in [0.15, 0.2) is 24.4 Å². The first-order chi connectivity index (χ1) is 9.81. The van der Waals surface area contributed by atoms with Gasteiger partial charge in [-0.25, -0.2) is 0 Å². The Labute approximate surface area is 119 Å². The average Bonchev–Trinajstić information content (AvgIpc) is 2.94. The lowest BCUT2D eigenvalue weighted by Crippen LogP contribution is -1.96. The van der Waals surface area contributed by atoms with E-state index in [1.165, 1.54) is 18.4 Å². The summed E-state index contributed by atoms with van der Waals surface area (Å²) in [5.74, 6) is 0.786. The Kier molecular flexibility index (Phi) is 7.05. The van der Waals surface area contributed by atoms with Gasteiger partial charge in [-0.3, -0.25) is 9.33 Å². The summed E-state index contributed by atoms with van der Waals surface area (Å²) in [7, 11) is 0.500. The second-order valence-corrected chi connectivity index (χ2v) is 4.75. The van der Waals surface area contributed by atoms with Gasteiger partial charge in [0.2, 0.25) is 0 Å². The van der Waals surface area contributed by atoms with Crippen LogP contribution in [-0.4, -0.2) is 12.2 Å². The Bertz CT molecular complexity index is 510. The maximum absolute atomic E-state index is 12.6. The van der Waals surface area contributed by atoms with Crippen molar-refractivity contribution in [3.8, 4) is 5.75 Å². The molecule has 0 radical (unpaired) electrons. The predicted octanol–water partition coefficient (Wildman–Crippen LogP) is 5.70. The van der Waals surface area contributed by atoms with E-state index >= 15 is 0 Å². The largest absolute Gasteiger partial charge is 0.361 e. The molecule has 1 N–H and O–H groups in total. The fraction of sp³-hybridized carbons (Fsp3) is 0.500. The van der Waals surface area contributed by atoms with Crippen molar-refractivity contribution in [2.24, 2.45) is 0 Å². The van der Waals surface area contributed by atoms with Crippen molar-refractivity contribution in [3.05, 3.63) is 30.0 Å². The van der Waals surface area contributed by atoms with Gasteiger partial charge in [-0.1, -0.05) is 32.8 Å². The van der Waals surface area contributed by atoms with E-state index in [4.69, 9.17) is 0 Å². The second-order valence-electron chi connectivity index (χ2n) is 4.75. The monoisotopic (exact) mass is 283 g/mol.